The molecule has 2 aromatic heterocycles. The Labute approximate surface area is 166 Å². The molecule has 4 rings (SSSR count). The maximum atomic E-state index is 10.6. The Morgan fingerprint density at radius 3 is 2.62 bits per heavy atom. The van der Waals surface area contributed by atoms with E-state index in [-0.39, 0.29) is 0 Å². The molecule has 2 aliphatic rings. The van der Waals surface area contributed by atoms with Gasteiger partial charge in [-0.1, -0.05) is 0 Å². The number of aliphatic carboxylic acids is 1. The molecular weight excluding hydrogens is 391 g/mol. The van der Waals surface area contributed by atoms with Crippen LogP contribution in [-0.4, -0.2) is 51.5 Å². The molecule has 29 heavy (non-hydrogen) atoms. The minimum Gasteiger partial charge on any atom is -0.475 e. The molecule has 10 heteroatoms. The number of alkyl halides is 3. The first-order chi connectivity index (χ1) is 13.8. The van der Waals surface area contributed by atoms with Crippen LogP contribution >= 0.6 is 0 Å². The second-order valence-corrected chi connectivity index (χ2v) is 7.49. The number of carbonyl (C=O) groups is 1. The van der Waals surface area contributed by atoms with Gasteiger partial charge in [0.25, 0.3) is 0 Å². The highest BCUT2D eigenvalue weighted by molar-refractivity contribution is 5.73. The van der Waals surface area contributed by atoms with Crippen molar-refractivity contribution >= 4 is 5.97 Å². The predicted molar refractivity (Wildman–Crippen MR) is 95.8 cm³/mol. The van der Waals surface area contributed by atoms with Gasteiger partial charge >= 0.3 is 12.1 Å². The van der Waals surface area contributed by atoms with Gasteiger partial charge in [-0.15, -0.1) is 0 Å². The Balaban J connectivity index is 0.000000298. The Bertz CT molecular complexity index is 772. The van der Waals surface area contributed by atoms with E-state index in [1.807, 2.05) is 24.9 Å². The lowest BCUT2D eigenvalue weighted by molar-refractivity contribution is -0.192. The predicted octanol–water partition coefficient (Wildman–Crippen LogP) is 3.17. The van der Waals surface area contributed by atoms with Crippen molar-refractivity contribution < 1.29 is 32.2 Å². The van der Waals surface area contributed by atoms with E-state index < -0.39 is 12.1 Å². The molecule has 1 saturated carbocycles. The number of carboxylic acid groups (broad SMARTS) is 1. The Morgan fingerprint density at radius 1 is 1.28 bits per heavy atom. The van der Waals surface area contributed by atoms with Crippen molar-refractivity contribution in [1.82, 2.24) is 14.5 Å². The lowest BCUT2D eigenvalue weighted by Gasteiger charge is -2.23. The summed E-state index contributed by atoms with van der Waals surface area (Å²) in [6, 6.07) is 2.04. The highest BCUT2D eigenvalue weighted by atomic mass is 19.4. The lowest BCUT2D eigenvalue weighted by Crippen LogP contribution is -2.30. The fourth-order valence-electron chi connectivity index (χ4n) is 3.19. The van der Waals surface area contributed by atoms with Gasteiger partial charge in [0.2, 0.25) is 0 Å². The summed E-state index contributed by atoms with van der Waals surface area (Å²) in [6.07, 6.45) is 5.13. The molecule has 0 bridgehead atoms. The van der Waals surface area contributed by atoms with Gasteiger partial charge in [-0.3, -0.25) is 4.90 Å². The lowest BCUT2D eigenvalue weighted by atomic mass is 10.1. The number of hydrogen-bond donors (Lipinski definition) is 1. The maximum Gasteiger partial charge on any atom is 0.490 e. The summed E-state index contributed by atoms with van der Waals surface area (Å²) in [5.74, 6) is -1.41. The molecule has 7 nitrogen and oxygen atoms in total. The zero-order chi connectivity index (χ0) is 20.9. The molecule has 1 atom stereocenters. The topological polar surface area (TPSA) is 80.7 Å². The molecule has 0 saturated heterocycles. The molecule has 160 valence electrons. The van der Waals surface area contributed by atoms with Gasteiger partial charge in [-0.05, 0) is 24.8 Å². The number of ether oxygens (including phenoxy) is 1. The van der Waals surface area contributed by atoms with E-state index in [0.717, 1.165) is 45.3 Å². The van der Waals surface area contributed by atoms with Crippen LogP contribution in [0, 0.1) is 11.8 Å². The molecule has 2 aromatic rings. The molecule has 3 heterocycles. The largest absolute Gasteiger partial charge is 0.490 e. The first kappa shape index (κ1) is 21.4. The minimum atomic E-state index is -5.08. The third kappa shape index (κ3) is 6.90. The number of hydrogen-bond acceptors (Lipinski definition) is 5. The quantitative estimate of drug-likeness (QED) is 0.781. The number of rotatable bonds is 6. The third-order valence-electron chi connectivity index (χ3n) is 4.79. The zero-order valence-corrected chi connectivity index (χ0v) is 15.8. The summed E-state index contributed by atoms with van der Waals surface area (Å²) in [5, 5.41) is 7.12. The molecule has 1 fully saturated rings. The van der Waals surface area contributed by atoms with Gasteiger partial charge in [-0.2, -0.15) is 13.2 Å². The fourth-order valence-corrected chi connectivity index (χ4v) is 3.19. The molecule has 0 spiro atoms. The van der Waals surface area contributed by atoms with E-state index >= 15 is 0 Å². The molecule has 0 radical (unpaired) electrons. The van der Waals surface area contributed by atoms with E-state index in [1.165, 1.54) is 24.1 Å². The number of aromatic nitrogens is 2. The van der Waals surface area contributed by atoms with Gasteiger partial charge in [0, 0.05) is 50.5 Å². The number of fused-ring (bicyclic) bond motifs is 1. The Morgan fingerprint density at radius 2 is 2.00 bits per heavy atom. The summed E-state index contributed by atoms with van der Waals surface area (Å²) in [7, 11) is 0. The highest BCUT2D eigenvalue weighted by Gasteiger charge is 2.38. The van der Waals surface area contributed by atoms with Crippen molar-refractivity contribution in [3.63, 3.8) is 0 Å². The minimum absolute atomic E-state index is 0.515. The standard InChI is InChI=1S/C17H23N3O2.C2HF3O2/c1-2-14(1)10-22-12-16-7-19(6-15-3-4-21-11-15)9-17-5-18-13-20(17)8-16;3-2(4,5)1(6)7/h3-5,11,13-14,16H,1-2,6-10,12H2;(H,6,7). The van der Waals surface area contributed by atoms with Crippen LogP contribution < -0.4 is 0 Å². The summed E-state index contributed by atoms with van der Waals surface area (Å²) in [5.41, 5.74) is 2.51. The van der Waals surface area contributed by atoms with Crippen LogP contribution in [0.4, 0.5) is 13.2 Å². The Kier molecular flexibility index (Phi) is 6.96. The highest BCUT2D eigenvalue weighted by Crippen LogP contribution is 2.29. The number of carboxylic acids is 1. The zero-order valence-electron chi connectivity index (χ0n) is 15.8. The van der Waals surface area contributed by atoms with Crippen LogP contribution in [0.15, 0.2) is 35.5 Å². The van der Waals surface area contributed by atoms with Gasteiger partial charge in [-0.25, -0.2) is 9.78 Å². The van der Waals surface area contributed by atoms with Gasteiger partial charge < -0.3 is 18.8 Å². The molecule has 1 aliphatic carbocycles. The van der Waals surface area contributed by atoms with Crippen LogP contribution in [0.5, 0.6) is 0 Å². The Hall–Kier alpha value is -2.33. The summed E-state index contributed by atoms with van der Waals surface area (Å²) < 4.78 is 45.2. The third-order valence-corrected chi connectivity index (χ3v) is 4.79. The van der Waals surface area contributed by atoms with Crippen molar-refractivity contribution in [2.24, 2.45) is 11.8 Å². The molecule has 1 aliphatic heterocycles. The van der Waals surface area contributed by atoms with Gasteiger partial charge in [0.1, 0.15) is 0 Å². The van der Waals surface area contributed by atoms with Crippen LogP contribution in [0.25, 0.3) is 0 Å². The monoisotopic (exact) mass is 415 g/mol. The SMILES string of the molecule is O=C(O)C(F)(F)F.c1cc(CN2Cc3cncn3CC(COCC3CC3)C2)co1. The first-order valence-electron chi connectivity index (χ1n) is 9.41. The number of nitrogens with zero attached hydrogens (tertiary/aromatic N) is 3. The molecular formula is C19H24F3N3O4. The normalized spacial score (nSPS) is 19.8. The number of imidazole rings is 1. The average molecular weight is 415 g/mol. The second kappa shape index (κ2) is 9.45. The molecule has 1 unspecified atom stereocenters. The second-order valence-electron chi connectivity index (χ2n) is 7.49. The van der Waals surface area contributed by atoms with Crippen molar-refractivity contribution in [1.29, 1.82) is 0 Å². The van der Waals surface area contributed by atoms with E-state index in [2.05, 4.69) is 14.5 Å². The van der Waals surface area contributed by atoms with E-state index in [1.54, 1.807) is 6.26 Å². The van der Waals surface area contributed by atoms with Crippen LogP contribution in [0.1, 0.15) is 24.1 Å². The molecule has 1 N–H and O–H groups in total. The summed E-state index contributed by atoms with van der Waals surface area (Å²) in [6.45, 7) is 5.69. The average Bonchev–Trinajstić information content (AvgIpc) is 3.19. The number of halogens is 3. The molecule has 0 aromatic carbocycles. The van der Waals surface area contributed by atoms with Crippen molar-refractivity contribution in [3.8, 4) is 0 Å². The van der Waals surface area contributed by atoms with Gasteiger partial charge in [0.15, 0.2) is 0 Å². The van der Waals surface area contributed by atoms with Crippen LogP contribution in [0.2, 0.25) is 0 Å². The number of furan rings is 1. The van der Waals surface area contributed by atoms with Crippen molar-refractivity contribution in [2.75, 3.05) is 19.8 Å². The fraction of sp³-hybridized carbons (Fsp3) is 0.579. The van der Waals surface area contributed by atoms with Crippen LogP contribution in [0.3, 0.4) is 0 Å². The van der Waals surface area contributed by atoms with Crippen molar-refractivity contribution in [3.05, 3.63) is 42.4 Å². The first-order valence-corrected chi connectivity index (χ1v) is 9.41. The van der Waals surface area contributed by atoms with Crippen LogP contribution in [-0.2, 0) is 29.2 Å². The van der Waals surface area contributed by atoms with Crippen molar-refractivity contribution in [2.45, 2.75) is 38.7 Å². The maximum absolute atomic E-state index is 10.6. The molecule has 0 amide bonds. The van der Waals surface area contributed by atoms with E-state index in [4.69, 9.17) is 19.1 Å². The summed E-state index contributed by atoms with van der Waals surface area (Å²) >= 11 is 0. The van der Waals surface area contributed by atoms with E-state index in [0.29, 0.717) is 5.92 Å². The summed E-state index contributed by atoms with van der Waals surface area (Å²) in [4.78, 5) is 15.7. The van der Waals surface area contributed by atoms with E-state index in [9.17, 15) is 13.2 Å². The van der Waals surface area contributed by atoms with Gasteiger partial charge in [0.05, 0.1) is 31.2 Å². The smallest absolute Gasteiger partial charge is 0.475 e.